The van der Waals surface area contributed by atoms with Gasteiger partial charge in [-0.15, -0.1) is 0 Å². The maximum atomic E-state index is 10.9. The van der Waals surface area contributed by atoms with Crippen LogP contribution in [0, 0.1) is 0 Å². The topological polar surface area (TPSA) is 49.4 Å². The van der Waals surface area contributed by atoms with Crippen molar-refractivity contribution in [2.45, 2.75) is 13.3 Å². The molecule has 0 bridgehead atoms. The molecule has 2 rings (SSSR count). The van der Waals surface area contributed by atoms with Gasteiger partial charge in [-0.05, 0) is 30.2 Å². The SMILES string of the molecule is CC(=O)NN1CCc2cc(C=O)ccc21. The molecule has 0 unspecified atom stereocenters. The predicted octanol–water partition coefficient (Wildman–Crippen LogP) is 0.913. The van der Waals surface area contributed by atoms with Crippen molar-refractivity contribution in [2.24, 2.45) is 0 Å². The van der Waals surface area contributed by atoms with Crippen molar-refractivity contribution in [1.29, 1.82) is 0 Å². The summed E-state index contributed by atoms with van der Waals surface area (Å²) in [7, 11) is 0. The number of carbonyl (C=O) groups is 2. The molecule has 0 radical (unpaired) electrons. The molecule has 15 heavy (non-hydrogen) atoms. The Balaban J connectivity index is 2.27. The molecule has 1 aromatic rings. The van der Waals surface area contributed by atoms with Crippen molar-refractivity contribution in [1.82, 2.24) is 5.43 Å². The molecule has 0 spiro atoms. The minimum atomic E-state index is -0.0812. The first-order valence-electron chi connectivity index (χ1n) is 4.83. The maximum Gasteiger partial charge on any atom is 0.235 e. The van der Waals surface area contributed by atoms with Gasteiger partial charge in [0.2, 0.25) is 5.91 Å². The third-order valence-corrected chi connectivity index (χ3v) is 2.43. The summed E-state index contributed by atoms with van der Waals surface area (Å²) >= 11 is 0. The van der Waals surface area contributed by atoms with E-state index >= 15 is 0 Å². The van der Waals surface area contributed by atoms with Crippen LogP contribution >= 0.6 is 0 Å². The second kappa shape index (κ2) is 3.73. The van der Waals surface area contributed by atoms with E-state index < -0.39 is 0 Å². The van der Waals surface area contributed by atoms with Crippen LogP contribution in [0.3, 0.4) is 0 Å². The van der Waals surface area contributed by atoms with E-state index in [0.29, 0.717) is 5.56 Å². The number of aldehydes is 1. The van der Waals surface area contributed by atoms with Crippen LogP contribution in [0.1, 0.15) is 22.8 Å². The molecule has 1 amide bonds. The number of fused-ring (bicyclic) bond motifs is 1. The average molecular weight is 204 g/mol. The normalized spacial score (nSPS) is 13.5. The lowest BCUT2D eigenvalue weighted by Crippen LogP contribution is -2.39. The quantitative estimate of drug-likeness (QED) is 0.728. The highest BCUT2D eigenvalue weighted by Crippen LogP contribution is 2.26. The molecule has 0 atom stereocenters. The van der Waals surface area contributed by atoms with E-state index in [-0.39, 0.29) is 5.91 Å². The lowest BCUT2D eigenvalue weighted by Gasteiger charge is -2.19. The Morgan fingerprint density at radius 3 is 3.00 bits per heavy atom. The van der Waals surface area contributed by atoms with Gasteiger partial charge in [0.1, 0.15) is 6.29 Å². The second-order valence-electron chi connectivity index (χ2n) is 3.58. The molecule has 0 aliphatic carbocycles. The number of hydrogen-bond donors (Lipinski definition) is 1. The van der Waals surface area contributed by atoms with Crippen LogP contribution in [0.15, 0.2) is 18.2 Å². The van der Waals surface area contributed by atoms with Gasteiger partial charge in [-0.2, -0.15) is 0 Å². The van der Waals surface area contributed by atoms with Gasteiger partial charge in [0.25, 0.3) is 0 Å². The molecule has 1 heterocycles. The Kier molecular flexibility index (Phi) is 2.41. The van der Waals surface area contributed by atoms with Gasteiger partial charge in [-0.25, -0.2) is 0 Å². The number of hydrogen-bond acceptors (Lipinski definition) is 3. The summed E-state index contributed by atoms with van der Waals surface area (Å²) in [6.45, 7) is 2.25. The smallest absolute Gasteiger partial charge is 0.235 e. The van der Waals surface area contributed by atoms with Crippen LogP contribution in [0.2, 0.25) is 0 Å². The Labute approximate surface area is 87.9 Å². The number of benzene rings is 1. The Morgan fingerprint density at radius 1 is 1.53 bits per heavy atom. The Hall–Kier alpha value is -1.84. The summed E-state index contributed by atoms with van der Waals surface area (Å²) < 4.78 is 0. The van der Waals surface area contributed by atoms with Crippen molar-refractivity contribution in [3.05, 3.63) is 29.3 Å². The van der Waals surface area contributed by atoms with Crippen LogP contribution in [0.5, 0.6) is 0 Å². The summed E-state index contributed by atoms with van der Waals surface area (Å²) in [5.41, 5.74) is 5.51. The number of nitrogens with one attached hydrogen (secondary N) is 1. The molecule has 0 fully saturated rings. The van der Waals surface area contributed by atoms with Crippen molar-refractivity contribution < 1.29 is 9.59 Å². The van der Waals surface area contributed by atoms with Gasteiger partial charge in [-0.3, -0.25) is 20.0 Å². The number of amides is 1. The van der Waals surface area contributed by atoms with Gasteiger partial charge < -0.3 is 0 Å². The Bertz CT molecular complexity index is 415. The summed E-state index contributed by atoms with van der Waals surface area (Å²) in [5, 5.41) is 1.81. The zero-order valence-electron chi connectivity index (χ0n) is 8.49. The zero-order chi connectivity index (χ0) is 10.8. The summed E-state index contributed by atoms with van der Waals surface area (Å²) in [4.78, 5) is 21.5. The molecule has 1 aliphatic rings. The van der Waals surface area contributed by atoms with Gasteiger partial charge in [-0.1, -0.05) is 0 Å². The molecule has 1 aliphatic heterocycles. The van der Waals surface area contributed by atoms with Gasteiger partial charge in [0.15, 0.2) is 0 Å². The molecule has 4 heteroatoms. The monoisotopic (exact) mass is 204 g/mol. The predicted molar refractivity (Wildman–Crippen MR) is 56.7 cm³/mol. The van der Waals surface area contributed by atoms with Crippen molar-refractivity contribution in [3.63, 3.8) is 0 Å². The first-order chi connectivity index (χ1) is 7.20. The fourth-order valence-electron chi connectivity index (χ4n) is 1.80. The third-order valence-electron chi connectivity index (χ3n) is 2.43. The van der Waals surface area contributed by atoms with E-state index in [2.05, 4.69) is 5.43 Å². The van der Waals surface area contributed by atoms with Gasteiger partial charge in [0.05, 0.1) is 5.69 Å². The van der Waals surface area contributed by atoms with Crippen LogP contribution in [-0.2, 0) is 11.2 Å². The van der Waals surface area contributed by atoms with Crippen LogP contribution < -0.4 is 10.4 Å². The van der Waals surface area contributed by atoms with Crippen molar-refractivity contribution in [3.8, 4) is 0 Å². The van der Waals surface area contributed by atoms with E-state index in [0.717, 1.165) is 30.5 Å². The van der Waals surface area contributed by atoms with Crippen LogP contribution in [0.25, 0.3) is 0 Å². The van der Waals surface area contributed by atoms with E-state index in [1.807, 2.05) is 17.1 Å². The molecule has 4 nitrogen and oxygen atoms in total. The summed E-state index contributed by atoms with van der Waals surface area (Å²) in [5.74, 6) is -0.0812. The molecule has 0 saturated heterocycles. The molecule has 1 aromatic carbocycles. The number of anilines is 1. The Morgan fingerprint density at radius 2 is 2.33 bits per heavy atom. The molecular weight excluding hydrogens is 192 g/mol. The highest BCUT2D eigenvalue weighted by molar-refractivity contribution is 5.79. The minimum absolute atomic E-state index is 0.0812. The standard InChI is InChI=1S/C11H12N2O2/c1-8(15)12-13-5-4-10-6-9(7-14)2-3-11(10)13/h2-3,6-7H,4-5H2,1H3,(H,12,15). The highest BCUT2D eigenvalue weighted by atomic mass is 16.2. The second-order valence-corrected chi connectivity index (χ2v) is 3.58. The highest BCUT2D eigenvalue weighted by Gasteiger charge is 2.19. The third kappa shape index (κ3) is 1.83. The largest absolute Gasteiger partial charge is 0.298 e. The minimum Gasteiger partial charge on any atom is -0.298 e. The lowest BCUT2D eigenvalue weighted by molar-refractivity contribution is -0.119. The van der Waals surface area contributed by atoms with Crippen LogP contribution in [-0.4, -0.2) is 18.7 Å². The van der Waals surface area contributed by atoms with E-state index in [1.165, 1.54) is 6.92 Å². The zero-order valence-corrected chi connectivity index (χ0v) is 8.49. The van der Waals surface area contributed by atoms with Gasteiger partial charge >= 0.3 is 0 Å². The first kappa shape index (κ1) is 9.71. The molecule has 78 valence electrons. The maximum absolute atomic E-state index is 10.9. The number of rotatable bonds is 2. The molecule has 0 aromatic heterocycles. The lowest BCUT2D eigenvalue weighted by atomic mass is 10.1. The summed E-state index contributed by atoms with van der Waals surface area (Å²) in [6, 6.07) is 5.48. The van der Waals surface area contributed by atoms with Crippen molar-refractivity contribution in [2.75, 3.05) is 11.6 Å². The molecule has 0 saturated carbocycles. The van der Waals surface area contributed by atoms with E-state index in [9.17, 15) is 9.59 Å². The van der Waals surface area contributed by atoms with Crippen LogP contribution in [0.4, 0.5) is 5.69 Å². The van der Waals surface area contributed by atoms with Crippen molar-refractivity contribution >= 4 is 17.9 Å². The molecular formula is C11H12N2O2. The fraction of sp³-hybridized carbons (Fsp3) is 0.273. The fourth-order valence-corrected chi connectivity index (χ4v) is 1.80. The number of carbonyl (C=O) groups excluding carboxylic acids is 2. The average Bonchev–Trinajstić information content (AvgIpc) is 2.60. The summed E-state index contributed by atoms with van der Waals surface area (Å²) in [6.07, 6.45) is 1.69. The van der Waals surface area contributed by atoms with E-state index in [1.54, 1.807) is 6.07 Å². The molecule has 1 N–H and O–H groups in total. The van der Waals surface area contributed by atoms with Gasteiger partial charge in [0, 0.05) is 19.0 Å². The number of nitrogens with zero attached hydrogens (tertiary/aromatic N) is 1. The van der Waals surface area contributed by atoms with E-state index in [4.69, 9.17) is 0 Å². The number of hydrazine groups is 1. The first-order valence-corrected chi connectivity index (χ1v) is 4.83.